The van der Waals surface area contributed by atoms with Gasteiger partial charge in [0.15, 0.2) is 0 Å². The van der Waals surface area contributed by atoms with E-state index in [1.165, 1.54) is 5.56 Å². The van der Waals surface area contributed by atoms with Gasteiger partial charge in [0.1, 0.15) is 5.82 Å². The fourth-order valence-corrected chi connectivity index (χ4v) is 2.34. The molecule has 0 radical (unpaired) electrons. The second-order valence-electron chi connectivity index (χ2n) is 4.45. The van der Waals surface area contributed by atoms with Gasteiger partial charge in [-0.25, -0.2) is 4.98 Å². The van der Waals surface area contributed by atoms with E-state index in [-0.39, 0.29) is 0 Å². The van der Waals surface area contributed by atoms with Gasteiger partial charge >= 0.3 is 0 Å². The SMILES string of the molecule is Cc1ccc2nc(CCl)n(Cc3cccnn3)c2c1. The van der Waals surface area contributed by atoms with Gasteiger partial charge in [-0.15, -0.1) is 11.6 Å². The van der Waals surface area contributed by atoms with Gasteiger partial charge in [0.2, 0.25) is 0 Å². The maximum absolute atomic E-state index is 5.99. The van der Waals surface area contributed by atoms with Crippen LogP contribution in [0, 0.1) is 6.92 Å². The summed E-state index contributed by atoms with van der Waals surface area (Å²) in [6.07, 6.45) is 1.67. The predicted molar refractivity (Wildman–Crippen MR) is 75.2 cm³/mol. The number of benzene rings is 1. The molecule has 19 heavy (non-hydrogen) atoms. The lowest BCUT2D eigenvalue weighted by Gasteiger charge is -2.06. The average Bonchev–Trinajstić information content (AvgIpc) is 2.78. The normalized spacial score (nSPS) is 11.1. The highest BCUT2D eigenvalue weighted by Crippen LogP contribution is 2.20. The van der Waals surface area contributed by atoms with Gasteiger partial charge in [-0.3, -0.25) is 0 Å². The second-order valence-corrected chi connectivity index (χ2v) is 4.72. The molecule has 0 aliphatic carbocycles. The third-order valence-corrected chi connectivity index (χ3v) is 3.29. The van der Waals surface area contributed by atoms with E-state index < -0.39 is 0 Å². The van der Waals surface area contributed by atoms with Crippen LogP contribution < -0.4 is 0 Å². The van der Waals surface area contributed by atoms with Crippen molar-refractivity contribution in [3.8, 4) is 0 Å². The summed E-state index contributed by atoms with van der Waals surface area (Å²) < 4.78 is 2.10. The van der Waals surface area contributed by atoms with Crippen LogP contribution in [0.4, 0.5) is 0 Å². The van der Waals surface area contributed by atoms with Crippen molar-refractivity contribution in [2.24, 2.45) is 0 Å². The standard InChI is InChI=1S/C14H13ClN4/c1-10-4-5-12-13(7-10)19(14(8-15)17-12)9-11-3-2-6-16-18-11/h2-7H,8-9H2,1H3. The van der Waals surface area contributed by atoms with E-state index >= 15 is 0 Å². The van der Waals surface area contributed by atoms with Crippen LogP contribution in [-0.2, 0) is 12.4 Å². The third-order valence-electron chi connectivity index (χ3n) is 3.05. The molecule has 0 unspecified atom stereocenters. The van der Waals surface area contributed by atoms with E-state index in [4.69, 9.17) is 11.6 Å². The van der Waals surface area contributed by atoms with Crippen molar-refractivity contribution >= 4 is 22.6 Å². The van der Waals surface area contributed by atoms with Crippen molar-refractivity contribution in [3.05, 3.63) is 53.6 Å². The van der Waals surface area contributed by atoms with Gasteiger partial charge in [-0.05, 0) is 36.8 Å². The molecule has 0 N–H and O–H groups in total. The first-order valence-corrected chi connectivity index (χ1v) is 6.59. The minimum absolute atomic E-state index is 0.383. The summed E-state index contributed by atoms with van der Waals surface area (Å²) in [6, 6.07) is 10.0. The zero-order chi connectivity index (χ0) is 13.2. The molecule has 0 atom stereocenters. The van der Waals surface area contributed by atoms with Crippen molar-refractivity contribution in [2.75, 3.05) is 0 Å². The van der Waals surface area contributed by atoms with E-state index in [0.717, 1.165) is 22.6 Å². The summed E-state index contributed by atoms with van der Waals surface area (Å²) in [5.74, 6) is 1.24. The quantitative estimate of drug-likeness (QED) is 0.689. The summed E-state index contributed by atoms with van der Waals surface area (Å²) in [4.78, 5) is 4.55. The second kappa shape index (κ2) is 4.97. The number of hydrogen-bond acceptors (Lipinski definition) is 3. The maximum atomic E-state index is 5.99. The minimum atomic E-state index is 0.383. The monoisotopic (exact) mass is 272 g/mol. The Labute approximate surface area is 116 Å². The van der Waals surface area contributed by atoms with Crippen LogP contribution in [0.15, 0.2) is 36.5 Å². The number of halogens is 1. The number of alkyl halides is 1. The Hall–Kier alpha value is -1.94. The highest BCUT2D eigenvalue weighted by molar-refractivity contribution is 6.16. The first kappa shape index (κ1) is 12.1. The van der Waals surface area contributed by atoms with Gasteiger partial charge in [0.25, 0.3) is 0 Å². The molecular weight excluding hydrogens is 260 g/mol. The Kier molecular flexibility index (Phi) is 3.17. The molecule has 1 aromatic carbocycles. The van der Waals surface area contributed by atoms with Crippen LogP contribution in [0.1, 0.15) is 17.1 Å². The van der Waals surface area contributed by atoms with E-state index in [2.05, 4.69) is 38.8 Å². The van der Waals surface area contributed by atoms with Crippen LogP contribution in [0.25, 0.3) is 11.0 Å². The zero-order valence-electron chi connectivity index (χ0n) is 10.5. The molecule has 0 saturated carbocycles. The Morgan fingerprint density at radius 2 is 2.16 bits per heavy atom. The van der Waals surface area contributed by atoms with Crippen LogP contribution in [-0.4, -0.2) is 19.7 Å². The number of aryl methyl sites for hydroxylation is 1. The molecular formula is C14H13ClN4. The number of hydrogen-bond donors (Lipinski definition) is 0. The third kappa shape index (κ3) is 2.31. The number of imidazole rings is 1. The highest BCUT2D eigenvalue weighted by atomic mass is 35.5. The molecule has 0 aliphatic rings. The topological polar surface area (TPSA) is 43.6 Å². The molecule has 4 nitrogen and oxygen atoms in total. The Balaban J connectivity index is 2.12. The smallest absolute Gasteiger partial charge is 0.125 e. The van der Waals surface area contributed by atoms with E-state index in [1.807, 2.05) is 18.2 Å². The van der Waals surface area contributed by atoms with Gasteiger partial charge in [0, 0.05) is 6.20 Å². The zero-order valence-corrected chi connectivity index (χ0v) is 11.3. The lowest BCUT2D eigenvalue weighted by molar-refractivity contribution is 0.740. The van der Waals surface area contributed by atoms with Gasteiger partial charge in [-0.1, -0.05) is 6.07 Å². The number of nitrogens with zero attached hydrogens (tertiary/aromatic N) is 4. The van der Waals surface area contributed by atoms with Gasteiger partial charge in [-0.2, -0.15) is 10.2 Å². The lowest BCUT2D eigenvalue weighted by Crippen LogP contribution is -2.05. The van der Waals surface area contributed by atoms with Crippen LogP contribution in [0.3, 0.4) is 0 Å². The van der Waals surface area contributed by atoms with E-state index in [9.17, 15) is 0 Å². The van der Waals surface area contributed by atoms with Gasteiger partial charge in [0.05, 0.1) is 29.2 Å². The molecule has 0 saturated heterocycles. The van der Waals surface area contributed by atoms with Crippen LogP contribution in [0.2, 0.25) is 0 Å². The highest BCUT2D eigenvalue weighted by Gasteiger charge is 2.11. The molecule has 0 bridgehead atoms. The maximum Gasteiger partial charge on any atom is 0.125 e. The molecule has 3 rings (SSSR count). The van der Waals surface area contributed by atoms with Crippen molar-refractivity contribution in [2.45, 2.75) is 19.3 Å². The fourth-order valence-electron chi connectivity index (χ4n) is 2.14. The number of aromatic nitrogens is 4. The first-order valence-electron chi connectivity index (χ1n) is 6.06. The first-order chi connectivity index (χ1) is 9.28. The van der Waals surface area contributed by atoms with Crippen LogP contribution >= 0.6 is 11.6 Å². The summed E-state index contributed by atoms with van der Waals surface area (Å²) in [5.41, 5.74) is 4.15. The van der Waals surface area contributed by atoms with Gasteiger partial charge < -0.3 is 4.57 Å². The molecule has 0 amide bonds. The number of fused-ring (bicyclic) bond motifs is 1. The molecule has 2 aromatic heterocycles. The fraction of sp³-hybridized carbons (Fsp3) is 0.214. The Morgan fingerprint density at radius 1 is 1.26 bits per heavy atom. The summed E-state index contributed by atoms with van der Waals surface area (Å²) >= 11 is 5.99. The Bertz CT molecular complexity index is 706. The number of rotatable bonds is 3. The van der Waals surface area contributed by atoms with Crippen LogP contribution in [0.5, 0.6) is 0 Å². The Morgan fingerprint density at radius 3 is 2.89 bits per heavy atom. The largest absolute Gasteiger partial charge is 0.321 e. The molecule has 3 aromatic rings. The molecule has 0 aliphatic heterocycles. The summed E-state index contributed by atoms with van der Waals surface area (Å²) in [6.45, 7) is 2.70. The molecule has 5 heteroatoms. The average molecular weight is 273 g/mol. The summed E-state index contributed by atoms with van der Waals surface area (Å²) in [7, 11) is 0. The molecule has 0 fully saturated rings. The van der Waals surface area contributed by atoms with Crippen molar-refractivity contribution in [1.29, 1.82) is 0 Å². The van der Waals surface area contributed by atoms with Crippen molar-refractivity contribution in [3.63, 3.8) is 0 Å². The summed E-state index contributed by atoms with van der Waals surface area (Å²) in [5, 5.41) is 8.02. The van der Waals surface area contributed by atoms with Crippen molar-refractivity contribution in [1.82, 2.24) is 19.7 Å². The molecule has 0 spiro atoms. The predicted octanol–water partition coefficient (Wildman–Crippen LogP) is 2.92. The van der Waals surface area contributed by atoms with Crippen molar-refractivity contribution < 1.29 is 0 Å². The molecule has 96 valence electrons. The van der Waals surface area contributed by atoms with E-state index in [1.54, 1.807) is 6.20 Å². The molecule has 2 heterocycles. The van der Waals surface area contributed by atoms with E-state index in [0.29, 0.717) is 12.4 Å². The lowest BCUT2D eigenvalue weighted by atomic mass is 10.2. The minimum Gasteiger partial charge on any atom is -0.321 e.